The third-order valence-corrected chi connectivity index (χ3v) is 13.3. The first-order valence-corrected chi connectivity index (χ1v) is 20.8. The van der Waals surface area contributed by atoms with Crippen LogP contribution < -0.4 is 4.90 Å². The lowest BCUT2D eigenvalue weighted by Gasteiger charge is -2.27. The predicted molar refractivity (Wildman–Crippen MR) is 250 cm³/mol. The van der Waals surface area contributed by atoms with Crippen LogP contribution in [0.1, 0.15) is 49.9 Å². The van der Waals surface area contributed by atoms with Crippen LogP contribution in [0.3, 0.4) is 0 Å². The summed E-state index contributed by atoms with van der Waals surface area (Å²) in [6, 6.07) is 74.2. The van der Waals surface area contributed by atoms with Crippen LogP contribution in [0.15, 0.2) is 200 Å². The second kappa shape index (κ2) is 13.3. The highest BCUT2D eigenvalue weighted by Gasteiger charge is 2.38. The SMILES string of the molecule is CC1(C)c2ccccc2-c2ccc(-c3ccc(N(c4ccc(-c5ccccc5-c5cccc6c5C(C)(C)c5ccccc5-6)cc4)c4cccc5ccccc45)cc3)cc21. The van der Waals surface area contributed by atoms with Crippen LogP contribution in [0.2, 0.25) is 0 Å². The van der Waals surface area contributed by atoms with E-state index in [-0.39, 0.29) is 10.8 Å². The van der Waals surface area contributed by atoms with Crippen molar-refractivity contribution in [2.75, 3.05) is 4.90 Å². The Morgan fingerprint density at radius 1 is 0.322 bits per heavy atom. The first kappa shape index (κ1) is 35.2. The zero-order chi connectivity index (χ0) is 39.9. The van der Waals surface area contributed by atoms with E-state index in [4.69, 9.17) is 0 Å². The van der Waals surface area contributed by atoms with E-state index in [2.05, 4.69) is 233 Å². The molecule has 282 valence electrons. The van der Waals surface area contributed by atoms with Crippen LogP contribution in [0.4, 0.5) is 17.1 Å². The molecule has 0 aliphatic heterocycles. The maximum absolute atomic E-state index is 2.41. The summed E-state index contributed by atoms with van der Waals surface area (Å²) in [7, 11) is 0. The summed E-state index contributed by atoms with van der Waals surface area (Å²) in [5, 5.41) is 2.44. The topological polar surface area (TPSA) is 3.24 Å². The van der Waals surface area contributed by atoms with Gasteiger partial charge < -0.3 is 4.90 Å². The van der Waals surface area contributed by atoms with E-state index in [1.165, 1.54) is 88.7 Å². The lowest BCUT2D eigenvalue weighted by atomic mass is 9.78. The molecule has 1 heteroatoms. The van der Waals surface area contributed by atoms with Gasteiger partial charge in [-0.1, -0.05) is 191 Å². The number of nitrogens with zero attached hydrogens (tertiary/aromatic N) is 1. The molecule has 9 aromatic rings. The van der Waals surface area contributed by atoms with Crippen LogP contribution in [0.5, 0.6) is 0 Å². The normalized spacial score (nSPS) is 14.0. The van der Waals surface area contributed by atoms with Gasteiger partial charge in [-0.05, 0) is 120 Å². The van der Waals surface area contributed by atoms with Crippen molar-refractivity contribution in [1.29, 1.82) is 0 Å². The molecule has 0 N–H and O–H groups in total. The van der Waals surface area contributed by atoms with Crippen LogP contribution in [0, 0.1) is 0 Å². The summed E-state index contributed by atoms with van der Waals surface area (Å²) in [6.45, 7) is 9.45. The van der Waals surface area contributed by atoms with Gasteiger partial charge in [-0.15, -0.1) is 0 Å². The Morgan fingerprint density at radius 3 is 1.51 bits per heavy atom. The lowest BCUT2D eigenvalue weighted by Crippen LogP contribution is -2.16. The average Bonchev–Trinajstić information content (AvgIpc) is 3.66. The van der Waals surface area contributed by atoms with E-state index < -0.39 is 0 Å². The first-order chi connectivity index (χ1) is 28.8. The molecule has 0 fully saturated rings. The molecule has 2 aliphatic rings. The predicted octanol–water partition coefficient (Wildman–Crippen LogP) is 15.9. The largest absolute Gasteiger partial charge is 0.310 e. The average molecular weight is 756 g/mol. The van der Waals surface area contributed by atoms with Crippen molar-refractivity contribution < 1.29 is 0 Å². The molecule has 0 unspecified atom stereocenters. The Balaban J connectivity index is 0.987. The molecule has 0 heterocycles. The minimum absolute atomic E-state index is 0.0384. The molecule has 9 aromatic carbocycles. The molecule has 0 saturated heterocycles. The molecule has 2 aliphatic carbocycles. The van der Waals surface area contributed by atoms with E-state index >= 15 is 0 Å². The van der Waals surface area contributed by atoms with Gasteiger partial charge in [0, 0.05) is 27.6 Å². The van der Waals surface area contributed by atoms with Crippen molar-refractivity contribution in [3.8, 4) is 55.6 Å². The zero-order valence-corrected chi connectivity index (χ0v) is 34.0. The van der Waals surface area contributed by atoms with Crippen LogP contribution >= 0.6 is 0 Å². The minimum atomic E-state index is -0.100. The van der Waals surface area contributed by atoms with Crippen LogP contribution in [0.25, 0.3) is 66.4 Å². The second-order valence-electron chi connectivity index (χ2n) is 17.3. The van der Waals surface area contributed by atoms with Gasteiger partial charge in [-0.2, -0.15) is 0 Å². The Labute approximate surface area is 347 Å². The highest BCUT2D eigenvalue weighted by atomic mass is 15.1. The van der Waals surface area contributed by atoms with E-state index in [0.717, 1.165) is 17.1 Å². The van der Waals surface area contributed by atoms with E-state index in [1.807, 2.05) is 0 Å². The van der Waals surface area contributed by atoms with Gasteiger partial charge in [0.25, 0.3) is 0 Å². The Morgan fingerprint density at radius 2 is 0.797 bits per heavy atom. The van der Waals surface area contributed by atoms with Crippen molar-refractivity contribution >= 4 is 27.8 Å². The Hall–Kier alpha value is -6.96. The fraction of sp³-hybridized carbons (Fsp3) is 0.103. The van der Waals surface area contributed by atoms with Gasteiger partial charge in [0.15, 0.2) is 0 Å². The second-order valence-corrected chi connectivity index (χ2v) is 17.3. The molecule has 0 spiro atoms. The van der Waals surface area contributed by atoms with Gasteiger partial charge in [0.2, 0.25) is 0 Å². The quantitative estimate of drug-likeness (QED) is 0.163. The maximum atomic E-state index is 2.41. The van der Waals surface area contributed by atoms with Crippen LogP contribution in [-0.2, 0) is 10.8 Å². The summed E-state index contributed by atoms with van der Waals surface area (Å²) in [5.74, 6) is 0. The van der Waals surface area contributed by atoms with E-state index in [0.29, 0.717) is 0 Å². The van der Waals surface area contributed by atoms with Crippen molar-refractivity contribution in [3.05, 3.63) is 222 Å². The summed E-state index contributed by atoms with van der Waals surface area (Å²) < 4.78 is 0. The molecule has 0 radical (unpaired) electrons. The molecule has 0 saturated carbocycles. The highest BCUT2D eigenvalue weighted by Crippen LogP contribution is 2.53. The summed E-state index contributed by atoms with van der Waals surface area (Å²) in [4.78, 5) is 2.41. The van der Waals surface area contributed by atoms with Crippen molar-refractivity contribution in [2.24, 2.45) is 0 Å². The Bertz CT molecular complexity index is 3080. The van der Waals surface area contributed by atoms with Gasteiger partial charge in [0.1, 0.15) is 0 Å². The molecule has 0 bridgehead atoms. The fourth-order valence-electron chi connectivity index (χ4n) is 10.3. The molecule has 0 atom stereocenters. The van der Waals surface area contributed by atoms with Gasteiger partial charge in [0.05, 0.1) is 5.69 Å². The standard InChI is InChI=1S/C58H45N/c1-57(2)52-24-11-9-20-47(52)49-36-31-41(37-54(49)57)38-27-32-42(33-28-38)59(55-26-13-16-39-15-5-6-18-45(39)55)43-34-29-40(30-35-43)44-17-7-8-19-46(44)50-22-14-23-51-48-21-10-12-25-53(48)58(3,4)56(50)51/h5-37H,1-4H3. The Kier molecular flexibility index (Phi) is 7.94. The summed E-state index contributed by atoms with van der Waals surface area (Å²) >= 11 is 0. The van der Waals surface area contributed by atoms with E-state index in [1.54, 1.807) is 0 Å². The van der Waals surface area contributed by atoms with E-state index in [9.17, 15) is 0 Å². The molecular formula is C58H45N. The zero-order valence-electron chi connectivity index (χ0n) is 34.0. The maximum Gasteiger partial charge on any atom is 0.0540 e. The summed E-state index contributed by atoms with van der Waals surface area (Å²) in [6.07, 6.45) is 0. The highest BCUT2D eigenvalue weighted by molar-refractivity contribution is 5.99. The minimum Gasteiger partial charge on any atom is -0.310 e. The first-order valence-electron chi connectivity index (χ1n) is 20.8. The monoisotopic (exact) mass is 755 g/mol. The molecule has 1 nitrogen and oxygen atoms in total. The van der Waals surface area contributed by atoms with Crippen LogP contribution in [-0.4, -0.2) is 0 Å². The van der Waals surface area contributed by atoms with Crippen molar-refractivity contribution in [3.63, 3.8) is 0 Å². The number of hydrogen-bond acceptors (Lipinski definition) is 1. The molecular weight excluding hydrogens is 711 g/mol. The number of hydrogen-bond donors (Lipinski definition) is 0. The van der Waals surface area contributed by atoms with Crippen molar-refractivity contribution in [2.45, 2.75) is 38.5 Å². The van der Waals surface area contributed by atoms with Gasteiger partial charge in [-0.25, -0.2) is 0 Å². The number of benzene rings is 9. The third-order valence-electron chi connectivity index (χ3n) is 13.3. The number of anilines is 3. The number of rotatable bonds is 6. The van der Waals surface area contributed by atoms with Crippen molar-refractivity contribution in [1.82, 2.24) is 0 Å². The molecule has 0 amide bonds. The molecule has 0 aromatic heterocycles. The molecule has 59 heavy (non-hydrogen) atoms. The van der Waals surface area contributed by atoms with Gasteiger partial charge >= 0.3 is 0 Å². The number of fused-ring (bicyclic) bond motifs is 7. The lowest BCUT2D eigenvalue weighted by molar-refractivity contribution is 0.660. The van der Waals surface area contributed by atoms with Gasteiger partial charge in [-0.3, -0.25) is 0 Å². The summed E-state index contributed by atoms with van der Waals surface area (Å²) in [5.41, 5.74) is 21.7. The fourth-order valence-corrected chi connectivity index (χ4v) is 10.3. The smallest absolute Gasteiger partial charge is 0.0540 e. The third kappa shape index (κ3) is 5.45. The molecule has 11 rings (SSSR count).